The summed E-state index contributed by atoms with van der Waals surface area (Å²) < 4.78 is 14.4. The molecule has 18 heavy (non-hydrogen) atoms. The van der Waals surface area contributed by atoms with Crippen LogP contribution >= 0.6 is 0 Å². The van der Waals surface area contributed by atoms with Gasteiger partial charge >= 0.3 is 5.97 Å². The molecular formula is C11H13NO6. The van der Waals surface area contributed by atoms with Crippen LogP contribution in [-0.4, -0.2) is 31.9 Å². The number of methoxy groups -OCH3 is 2. The van der Waals surface area contributed by atoms with Crippen LogP contribution in [0, 0.1) is 17.0 Å². The van der Waals surface area contributed by atoms with Crippen molar-refractivity contribution in [3.63, 3.8) is 0 Å². The molecule has 0 aliphatic rings. The van der Waals surface area contributed by atoms with Crippen molar-refractivity contribution in [1.82, 2.24) is 0 Å². The van der Waals surface area contributed by atoms with Crippen LogP contribution in [0.5, 0.6) is 5.75 Å². The Bertz CT molecular complexity index is 471. The Morgan fingerprint density at radius 3 is 2.56 bits per heavy atom. The SMILES string of the molecule is COCOc1cc(C(=O)OC)cc([N+](=O)[O-])c1C. The third-order valence-corrected chi connectivity index (χ3v) is 2.28. The fraction of sp³-hybridized carbons (Fsp3) is 0.364. The number of hydrogen-bond acceptors (Lipinski definition) is 6. The number of esters is 1. The predicted molar refractivity (Wildman–Crippen MR) is 61.7 cm³/mol. The number of nitro groups is 1. The van der Waals surface area contributed by atoms with Crippen molar-refractivity contribution in [2.75, 3.05) is 21.0 Å². The predicted octanol–water partition coefficient (Wildman–Crippen LogP) is 1.67. The van der Waals surface area contributed by atoms with E-state index >= 15 is 0 Å². The zero-order chi connectivity index (χ0) is 13.7. The fourth-order valence-corrected chi connectivity index (χ4v) is 1.37. The van der Waals surface area contributed by atoms with E-state index in [1.165, 1.54) is 27.2 Å². The fourth-order valence-electron chi connectivity index (χ4n) is 1.37. The van der Waals surface area contributed by atoms with E-state index in [4.69, 9.17) is 9.47 Å². The lowest BCUT2D eigenvalue weighted by molar-refractivity contribution is -0.385. The number of carbonyl (C=O) groups is 1. The Morgan fingerprint density at radius 2 is 2.06 bits per heavy atom. The molecule has 98 valence electrons. The molecule has 7 heteroatoms. The maximum atomic E-state index is 11.4. The molecule has 0 aliphatic carbocycles. The van der Waals surface area contributed by atoms with Crippen molar-refractivity contribution in [1.29, 1.82) is 0 Å². The number of nitro benzene ring substituents is 1. The van der Waals surface area contributed by atoms with Crippen molar-refractivity contribution in [2.24, 2.45) is 0 Å². The molecule has 0 bridgehead atoms. The van der Waals surface area contributed by atoms with Crippen LogP contribution in [0.15, 0.2) is 12.1 Å². The van der Waals surface area contributed by atoms with Crippen LogP contribution in [0.1, 0.15) is 15.9 Å². The van der Waals surface area contributed by atoms with Gasteiger partial charge in [-0.1, -0.05) is 0 Å². The summed E-state index contributed by atoms with van der Waals surface area (Å²) in [7, 11) is 2.62. The minimum atomic E-state index is -0.666. The maximum absolute atomic E-state index is 11.4. The van der Waals surface area contributed by atoms with Gasteiger partial charge in [-0.15, -0.1) is 0 Å². The molecule has 0 N–H and O–H groups in total. The van der Waals surface area contributed by atoms with E-state index in [1.807, 2.05) is 0 Å². The van der Waals surface area contributed by atoms with Gasteiger partial charge in [0.05, 0.1) is 23.2 Å². The molecule has 0 unspecified atom stereocenters. The topological polar surface area (TPSA) is 87.9 Å². The average molecular weight is 255 g/mol. The monoisotopic (exact) mass is 255 g/mol. The van der Waals surface area contributed by atoms with E-state index in [1.54, 1.807) is 0 Å². The highest BCUT2D eigenvalue weighted by Gasteiger charge is 2.20. The second-order valence-corrected chi connectivity index (χ2v) is 3.42. The third kappa shape index (κ3) is 2.95. The number of carbonyl (C=O) groups excluding carboxylic acids is 1. The van der Waals surface area contributed by atoms with Crippen LogP contribution in [0.3, 0.4) is 0 Å². The first-order valence-electron chi connectivity index (χ1n) is 5.00. The summed E-state index contributed by atoms with van der Waals surface area (Å²) in [6, 6.07) is 2.54. The van der Waals surface area contributed by atoms with Gasteiger partial charge in [-0.25, -0.2) is 4.79 Å². The second kappa shape index (κ2) is 5.97. The highest BCUT2D eigenvalue weighted by molar-refractivity contribution is 5.91. The summed E-state index contributed by atoms with van der Waals surface area (Å²) in [6.45, 7) is 1.47. The van der Waals surface area contributed by atoms with Gasteiger partial charge in [0.2, 0.25) is 0 Å². The second-order valence-electron chi connectivity index (χ2n) is 3.42. The van der Waals surface area contributed by atoms with Gasteiger partial charge in [0.25, 0.3) is 5.69 Å². The summed E-state index contributed by atoms with van der Waals surface area (Å²) >= 11 is 0. The van der Waals surface area contributed by atoms with Crippen LogP contribution in [0.4, 0.5) is 5.69 Å². The van der Waals surface area contributed by atoms with Crippen molar-refractivity contribution >= 4 is 11.7 Å². The first kappa shape index (κ1) is 13.9. The zero-order valence-corrected chi connectivity index (χ0v) is 10.3. The summed E-state index contributed by atoms with van der Waals surface area (Å²) in [4.78, 5) is 21.7. The zero-order valence-electron chi connectivity index (χ0n) is 10.3. The summed E-state index contributed by atoms with van der Waals surface area (Å²) in [5.41, 5.74) is 0.176. The minimum absolute atomic E-state index is 0.0564. The van der Waals surface area contributed by atoms with E-state index in [9.17, 15) is 14.9 Å². The first-order valence-corrected chi connectivity index (χ1v) is 5.00. The van der Waals surface area contributed by atoms with Crippen LogP contribution in [-0.2, 0) is 9.47 Å². The van der Waals surface area contributed by atoms with Gasteiger partial charge in [-0.3, -0.25) is 10.1 Å². The highest BCUT2D eigenvalue weighted by atomic mass is 16.7. The van der Waals surface area contributed by atoms with Crippen LogP contribution in [0.2, 0.25) is 0 Å². The molecular weight excluding hydrogens is 242 g/mol. The standard InChI is InChI=1S/C11H13NO6/c1-7-9(12(14)15)4-8(11(13)17-3)5-10(7)18-6-16-2/h4-5H,6H2,1-3H3. The quantitative estimate of drug-likeness (QED) is 0.344. The molecule has 0 radical (unpaired) electrons. The molecule has 0 saturated heterocycles. The normalized spacial score (nSPS) is 9.94. The molecule has 1 aromatic rings. The molecule has 0 aromatic heterocycles. The molecule has 0 aliphatic heterocycles. The van der Waals surface area contributed by atoms with E-state index in [0.717, 1.165) is 6.07 Å². The molecule has 1 aromatic carbocycles. The number of rotatable bonds is 5. The van der Waals surface area contributed by atoms with E-state index in [2.05, 4.69) is 4.74 Å². The van der Waals surface area contributed by atoms with Crippen molar-refractivity contribution in [2.45, 2.75) is 6.92 Å². The van der Waals surface area contributed by atoms with Gasteiger partial charge in [0.1, 0.15) is 5.75 Å². The summed E-state index contributed by atoms with van der Waals surface area (Å²) in [6.07, 6.45) is 0. The highest BCUT2D eigenvalue weighted by Crippen LogP contribution is 2.29. The maximum Gasteiger partial charge on any atom is 0.338 e. The molecule has 0 atom stereocenters. The van der Waals surface area contributed by atoms with Crippen molar-refractivity contribution in [3.05, 3.63) is 33.4 Å². The Balaban J connectivity index is 3.27. The Morgan fingerprint density at radius 1 is 1.39 bits per heavy atom. The molecule has 1 rings (SSSR count). The van der Waals surface area contributed by atoms with Gasteiger partial charge in [0, 0.05) is 13.2 Å². The van der Waals surface area contributed by atoms with Crippen LogP contribution in [0.25, 0.3) is 0 Å². The van der Waals surface area contributed by atoms with E-state index < -0.39 is 10.9 Å². The van der Waals surface area contributed by atoms with E-state index in [0.29, 0.717) is 5.56 Å². The largest absolute Gasteiger partial charge is 0.467 e. The van der Waals surface area contributed by atoms with Gasteiger partial charge in [0.15, 0.2) is 6.79 Å². The third-order valence-electron chi connectivity index (χ3n) is 2.28. The molecule has 7 nitrogen and oxygen atoms in total. The lowest BCUT2D eigenvalue weighted by Gasteiger charge is -2.10. The lowest BCUT2D eigenvalue weighted by Crippen LogP contribution is -2.07. The summed E-state index contributed by atoms with van der Waals surface area (Å²) in [5, 5.41) is 10.9. The number of benzene rings is 1. The number of nitrogens with zero attached hydrogens (tertiary/aromatic N) is 1. The van der Waals surface area contributed by atoms with Gasteiger partial charge in [-0.2, -0.15) is 0 Å². The number of hydrogen-bond donors (Lipinski definition) is 0. The molecule has 0 spiro atoms. The smallest absolute Gasteiger partial charge is 0.338 e. The van der Waals surface area contributed by atoms with Gasteiger partial charge < -0.3 is 14.2 Å². The van der Waals surface area contributed by atoms with Crippen molar-refractivity contribution < 1.29 is 23.9 Å². The van der Waals surface area contributed by atoms with Gasteiger partial charge in [-0.05, 0) is 13.0 Å². The Kier molecular flexibility index (Phi) is 4.61. The number of ether oxygens (including phenoxy) is 3. The van der Waals surface area contributed by atoms with E-state index in [-0.39, 0.29) is 23.8 Å². The Labute approximate surface area is 103 Å². The first-order chi connectivity index (χ1) is 8.51. The Hall–Kier alpha value is -2.15. The molecule has 0 heterocycles. The van der Waals surface area contributed by atoms with Crippen LogP contribution < -0.4 is 4.74 Å². The molecule has 0 fully saturated rings. The van der Waals surface area contributed by atoms with Crippen molar-refractivity contribution in [3.8, 4) is 5.75 Å². The molecule has 0 saturated carbocycles. The minimum Gasteiger partial charge on any atom is -0.467 e. The average Bonchev–Trinajstić information content (AvgIpc) is 2.36. The lowest BCUT2D eigenvalue weighted by atomic mass is 10.1. The molecule has 0 amide bonds. The summed E-state index contributed by atoms with van der Waals surface area (Å²) in [5.74, 6) is -0.452.